The van der Waals surface area contributed by atoms with Crippen molar-refractivity contribution in [1.82, 2.24) is 5.32 Å². The molecule has 172 valence electrons. The Bertz CT molecular complexity index is 944. The number of ether oxygens (including phenoxy) is 3. The van der Waals surface area contributed by atoms with E-state index >= 15 is 0 Å². The maximum atomic E-state index is 13.0. The standard InChI is InChI=1S/C22H25BrN2O7/c1-5-30-20(27)17-12(3)24-13(4)18(21(28)31-6-2)19(17)22(29)32-11-16(26)25-15-9-7-8-14(23)10-15/h7-10,19,24H,5-6,11H2,1-4H3,(H,25,26). The summed E-state index contributed by atoms with van der Waals surface area (Å²) < 4.78 is 16.1. The van der Waals surface area contributed by atoms with Gasteiger partial charge in [0.2, 0.25) is 0 Å². The number of allylic oxidation sites excluding steroid dienone is 2. The topological polar surface area (TPSA) is 120 Å². The van der Waals surface area contributed by atoms with Gasteiger partial charge in [-0.15, -0.1) is 0 Å². The van der Waals surface area contributed by atoms with E-state index in [4.69, 9.17) is 14.2 Å². The highest BCUT2D eigenvalue weighted by molar-refractivity contribution is 9.10. The molecule has 32 heavy (non-hydrogen) atoms. The van der Waals surface area contributed by atoms with Crippen molar-refractivity contribution in [2.75, 3.05) is 25.1 Å². The van der Waals surface area contributed by atoms with Crippen LogP contribution in [0.5, 0.6) is 0 Å². The average molecular weight is 509 g/mol. The largest absolute Gasteiger partial charge is 0.463 e. The summed E-state index contributed by atoms with van der Waals surface area (Å²) in [5.74, 6) is -4.46. The van der Waals surface area contributed by atoms with Gasteiger partial charge in [-0.1, -0.05) is 22.0 Å². The smallest absolute Gasteiger partial charge is 0.337 e. The van der Waals surface area contributed by atoms with Crippen molar-refractivity contribution < 1.29 is 33.4 Å². The Labute approximate surface area is 194 Å². The first-order chi connectivity index (χ1) is 15.2. The Balaban J connectivity index is 2.26. The highest BCUT2D eigenvalue weighted by Gasteiger charge is 2.42. The zero-order chi connectivity index (χ0) is 23.8. The van der Waals surface area contributed by atoms with Gasteiger partial charge in [-0.3, -0.25) is 9.59 Å². The number of carbonyl (C=O) groups excluding carboxylic acids is 4. The van der Waals surface area contributed by atoms with Crippen LogP contribution in [-0.2, 0) is 33.4 Å². The molecule has 1 aliphatic rings. The minimum absolute atomic E-state index is 0.0714. The van der Waals surface area contributed by atoms with Crippen LogP contribution >= 0.6 is 15.9 Å². The Kier molecular flexibility index (Phi) is 9.01. The van der Waals surface area contributed by atoms with Gasteiger partial charge < -0.3 is 24.8 Å². The quantitative estimate of drug-likeness (QED) is 0.406. The normalized spacial score (nSPS) is 13.9. The highest BCUT2D eigenvalue weighted by atomic mass is 79.9. The number of anilines is 1. The summed E-state index contributed by atoms with van der Waals surface area (Å²) in [5.41, 5.74) is 1.05. The molecule has 1 amide bonds. The van der Waals surface area contributed by atoms with Crippen LogP contribution in [0.25, 0.3) is 0 Å². The molecule has 0 aromatic heterocycles. The predicted octanol–water partition coefficient (Wildman–Crippen LogP) is 2.82. The summed E-state index contributed by atoms with van der Waals surface area (Å²) in [6.07, 6.45) is 0. The van der Waals surface area contributed by atoms with Crippen LogP contribution in [0.2, 0.25) is 0 Å². The fourth-order valence-electron chi connectivity index (χ4n) is 3.17. The third-order valence-electron chi connectivity index (χ3n) is 4.44. The summed E-state index contributed by atoms with van der Waals surface area (Å²) in [6, 6.07) is 6.89. The van der Waals surface area contributed by atoms with Gasteiger partial charge in [-0.05, 0) is 45.9 Å². The van der Waals surface area contributed by atoms with E-state index in [1.807, 2.05) is 0 Å². The molecule has 2 N–H and O–H groups in total. The molecule has 0 aliphatic carbocycles. The lowest BCUT2D eigenvalue weighted by atomic mass is 9.85. The van der Waals surface area contributed by atoms with E-state index in [1.54, 1.807) is 52.0 Å². The number of dihydropyridines is 1. The van der Waals surface area contributed by atoms with Crippen molar-refractivity contribution in [3.05, 3.63) is 51.3 Å². The van der Waals surface area contributed by atoms with Crippen molar-refractivity contribution >= 4 is 45.4 Å². The molecule has 0 spiro atoms. The van der Waals surface area contributed by atoms with E-state index in [2.05, 4.69) is 26.6 Å². The van der Waals surface area contributed by atoms with E-state index in [-0.39, 0.29) is 24.4 Å². The lowest BCUT2D eigenvalue weighted by molar-refractivity contribution is -0.153. The maximum absolute atomic E-state index is 13.0. The molecule has 0 fully saturated rings. The number of hydrogen-bond acceptors (Lipinski definition) is 8. The number of rotatable bonds is 8. The molecule has 0 unspecified atom stereocenters. The summed E-state index contributed by atoms with van der Waals surface area (Å²) in [7, 11) is 0. The molecule has 0 saturated heterocycles. The molecule has 1 aliphatic heterocycles. The second-order valence-corrected chi connectivity index (χ2v) is 7.66. The van der Waals surface area contributed by atoms with Crippen molar-refractivity contribution in [2.24, 2.45) is 5.92 Å². The first kappa shape index (κ1) is 25.1. The Hall–Kier alpha value is -3.14. The second kappa shape index (κ2) is 11.5. The van der Waals surface area contributed by atoms with Gasteiger partial charge in [-0.2, -0.15) is 0 Å². The van der Waals surface area contributed by atoms with Gasteiger partial charge in [0.05, 0.1) is 24.4 Å². The van der Waals surface area contributed by atoms with Crippen LogP contribution in [0, 0.1) is 5.92 Å². The molecular weight excluding hydrogens is 484 g/mol. The van der Waals surface area contributed by atoms with Gasteiger partial charge in [-0.25, -0.2) is 9.59 Å². The van der Waals surface area contributed by atoms with Crippen molar-refractivity contribution in [2.45, 2.75) is 27.7 Å². The Morgan fingerprint density at radius 2 is 1.53 bits per heavy atom. The van der Waals surface area contributed by atoms with Gasteiger partial charge in [0.25, 0.3) is 5.91 Å². The molecule has 1 heterocycles. The molecule has 10 heteroatoms. The number of hydrogen-bond donors (Lipinski definition) is 2. The van der Waals surface area contributed by atoms with E-state index in [0.29, 0.717) is 17.1 Å². The summed E-state index contributed by atoms with van der Waals surface area (Å²) >= 11 is 3.30. The van der Waals surface area contributed by atoms with Crippen LogP contribution in [0.15, 0.2) is 51.3 Å². The zero-order valence-electron chi connectivity index (χ0n) is 18.2. The predicted molar refractivity (Wildman–Crippen MR) is 119 cm³/mol. The van der Waals surface area contributed by atoms with Crippen LogP contribution in [-0.4, -0.2) is 43.6 Å². The van der Waals surface area contributed by atoms with Crippen molar-refractivity contribution in [1.29, 1.82) is 0 Å². The molecule has 0 saturated carbocycles. The Morgan fingerprint density at radius 3 is 2.03 bits per heavy atom. The van der Waals surface area contributed by atoms with Crippen LogP contribution in [0.4, 0.5) is 5.69 Å². The van der Waals surface area contributed by atoms with Crippen LogP contribution in [0.1, 0.15) is 27.7 Å². The number of nitrogens with one attached hydrogen (secondary N) is 2. The maximum Gasteiger partial charge on any atom is 0.337 e. The van der Waals surface area contributed by atoms with Crippen molar-refractivity contribution in [3.8, 4) is 0 Å². The molecule has 9 nitrogen and oxygen atoms in total. The molecular formula is C22H25BrN2O7. The molecule has 0 atom stereocenters. The highest BCUT2D eigenvalue weighted by Crippen LogP contribution is 2.32. The third kappa shape index (κ3) is 6.19. The molecule has 1 aromatic rings. The van der Waals surface area contributed by atoms with Crippen LogP contribution < -0.4 is 10.6 Å². The van der Waals surface area contributed by atoms with Gasteiger partial charge in [0.1, 0.15) is 5.92 Å². The minimum Gasteiger partial charge on any atom is -0.463 e. The fraction of sp³-hybridized carbons (Fsp3) is 0.364. The van der Waals surface area contributed by atoms with Crippen molar-refractivity contribution in [3.63, 3.8) is 0 Å². The number of amides is 1. The SMILES string of the molecule is CCOC(=O)C1=C(C)NC(C)=C(C(=O)OCC)C1C(=O)OCC(=O)Nc1cccc(Br)c1. The summed E-state index contributed by atoms with van der Waals surface area (Å²) in [4.78, 5) is 50.4. The van der Waals surface area contributed by atoms with E-state index in [1.165, 1.54) is 0 Å². The fourth-order valence-corrected chi connectivity index (χ4v) is 3.57. The summed E-state index contributed by atoms with van der Waals surface area (Å²) in [6.45, 7) is 5.94. The van der Waals surface area contributed by atoms with Gasteiger partial charge in [0.15, 0.2) is 6.61 Å². The summed E-state index contributed by atoms with van der Waals surface area (Å²) in [5, 5.41) is 5.51. The zero-order valence-corrected chi connectivity index (χ0v) is 19.8. The Morgan fingerprint density at radius 1 is 0.969 bits per heavy atom. The first-order valence-corrected chi connectivity index (χ1v) is 10.7. The monoisotopic (exact) mass is 508 g/mol. The van der Waals surface area contributed by atoms with Crippen LogP contribution in [0.3, 0.4) is 0 Å². The lowest BCUT2D eigenvalue weighted by Crippen LogP contribution is -2.39. The van der Waals surface area contributed by atoms with E-state index < -0.39 is 36.3 Å². The molecule has 0 radical (unpaired) electrons. The van der Waals surface area contributed by atoms with Gasteiger partial charge in [0, 0.05) is 21.6 Å². The second-order valence-electron chi connectivity index (χ2n) is 6.74. The number of halogens is 1. The minimum atomic E-state index is -1.40. The average Bonchev–Trinajstić information content (AvgIpc) is 2.71. The lowest BCUT2D eigenvalue weighted by Gasteiger charge is -2.28. The molecule has 2 rings (SSSR count). The third-order valence-corrected chi connectivity index (χ3v) is 4.93. The molecule has 1 aromatic carbocycles. The number of benzene rings is 1. The number of esters is 3. The van der Waals surface area contributed by atoms with Gasteiger partial charge >= 0.3 is 17.9 Å². The molecule has 0 bridgehead atoms. The van der Waals surface area contributed by atoms with E-state index in [9.17, 15) is 19.2 Å². The van der Waals surface area contributed by atoms with E-state index in [0.717, 1.165) is 4.47 Å². The first-order valence-electron chi connectivity index (χ1n) is 9.94. The number of carbonyl (C=O) groups is 4.